The largest absolute Gasteiger partial charge is 2.00 e. The summed E-state index contributed by atoms with van der Waals surface area (Å²) in [6.45, 7) is 4.32. The van der Waals surface area contributed by atoms with Crippen molar-refractivity contribution in [3.63, 3.8) is 0 Å². The van der Waals surface area contributed by atoms with Crippen molar-refractivity contribution in [1.82, 2.24) is 9.80 Å². The minimum Gasteiger partial charge on any atom is -0.748 e. The van der Waals surface area contributed by atoms with Crippen LogP contribution >= 0.6 is 0 Å². The Labute approximate surface area is 318 Å². The van der Waals surface area contributed by atoms with Gasteiger partial charge in [0.15, 0.2) is 0 Å². The third-order valence-electron chi connectivity index (χ3n) is 7.58. The van der Waals surface area contributed by atoms with Crippen LogP contribution in [0.5, 0.6) is 0 Å². The van der Waals surface area contributed by atoms with Gasteiger partial charge in [0.1, 0.15) is 0 Å². The van der Waals surface area contributed by atoms with Gasteiger partial charge in [0.2, 0.25) is 11.8 Å². The van der Waals surface area contributed by atoms with Crippen LogP contribution in [-0.2, 0) is 29.8 Å². The van der Waals surface area contributed by atoms with Crippen LogP contribution in [0.2, 0.25) is 0 Å². The van der Waals surface area contributed by atoms with Crippen molar-refractivity contribution in [2.24, 2.45) is 0 Å². The molecule has 0 aromatic heterocycles. The molecule has 2 amide bonds. The maximum atomic E-state index is 11.7. The molecule has 0 fully saturated rings. The van der Waals surface area contributed by atoms with E-state index in [-0.39, 0.29) is 62.6 Å². The number of hydrogen-bond donors (Lipinski definition) is 0. The van der Waals surface area contributed by atoms with Gasteiger partial charge in [-0.2, -0.15) is 0 Å². The van der Waals surface area contributed by atoms with Gasteiger partial charge >= 0.3 is 37.7 Å². The van der Waals surface area contributed by atoms with Crippen LogP contribution in [0.3, 0.4) is 0 Å². The predicted molar refractivity (Wildman–Crippen MR) is 192 cm³/mol. The molecule has 47 heavy (non-hydrogen) atoms. The average Bonchev–Trinajstić information content (AvgIpc) is 2.99. The van der Waals surface area contributed by atoms with E-state index in [1.807, 2.05) is 12.2 Å². The van der Waals surface area contributed by atoms with Gasteiger partial charge in [-0.3, -0.25) is 9.59 Å². The van der Waals surface area contributed by atoms with Crippen LogP contribution in [0.4, 0.5) is 0 Å². The molecule has 0 aliphatic rings. The molecule has 0 N–H and O–H groups in total. The quantitative estimate of drug-likeness (QED) is 0.0380. The third-order valence-corrected chi connectivity index (χ3v) is 8.94. The molecule has 0 spiro atoms. The van der Waals surface area contributed by atoms with Crippen molar-refractivity contribution < 1.29 is 35.5 Å². The Balaban J connectivity index is -0.000000807. The minimum absolute atomic E-state index is 0. The van der Waals surface area contributed by atoms with Gasteiger partial charge in [0, 0.05) is 27.2 Å². The summed E-state index contributed by atoms with van der Waals surface area (Å²) in [6, 6.07) is 0. The number of unbranched alkanes of at least 4 members (excludes halogenated alkanes) is 18. The molecular formula is C34H64CaN2O8S2. The first kappa shape index (κ1) is 50.9. The summed E-state index contributed by atoms with van der Waals surface area (Å²) in [4.78, 5) is 25.8. The summed E-state index contributed by atoms with van der Waals surface area (Å²) >= 11 is 0. The summed E-state index contributed by atoms with van der Waals surface area (Å²) < 4.78 is 63.0. The Bertz CT molecular complexity index is 953. The van der Waals surface area contributed by atoms with Gasteiger partial charge in [-0.1, -0.05) is 129 Å². The van der Waals surface area contributed by atoms with E-state index in [0.29, 0.717) is 0 Å². The van der Waals surface area contributed by atoms with Crippen LogP contribution in [0.1, 0.15) is 142 Å². The Morgan fingerprint density at radius 1 is 0.511 bits per heavy atom. The average molecular weight is 733 g/mol. The van der Waals surface area contributed by atoms with Crippen LogP contribution in [0.15, 0.2) is 24.3 Å². The van der Waals surface area contributed by atoms with Crippen molar-refractivity contribution in [1.29, 1.82) is 0 Å². The minimum atomic E-state index is -4.27. The first-order chi connectivity index (χ1) is 21.7. The predicted octanol–water partition coefficient (Wildman–Crippen LogP) is 6.55. The first-order valence-electron chi connectivity index (χ1n) is 17.4. The van der Waals surface area contributed by atoms with E-state index in [2.05, 4.69) is 13.8 Å². The second-order valence-corrected chi connectivity index (χ2v) is 15.1. The zero-order valence-electron chi connectivity index (χ0n) is 30.0. The van der Waals surface area contributed by atoms with Crippen LogP contribution in [0, 0.1) is 0 Å². The molecule has 0 aliphatic heterocycles. The number of carbonyl (C=O) groups excluding carboxylic acids is 2. The van der Waals surface area contributed by atoms with Crippen molar-refractivity contribution in [3.05, 3.63) is 24.3 Å². The summed E-state index contributed by atoms with van der Waals surface area (Å²) in [6.07, 6.45) is 31.1. The van der Waals surface area contributed by atoms with E-state index in [1.165, 1.54) is 139 Å². The summed E-state index contributed by atoms with van der Waals surface area (Å²) in [5.41, 5.74) is 0. The molecule has 0 atom stereocenters. The molecule has 0 aliphatic carbocycles. The fourth-order valence-electron chi connectivity index (χ4n) is 4.49. The number of carbonyl (C=O) groups is 2. The molecule has 0 unspecified atom stereocenters. The molecule has 0 aromatic carbocycles. The number of amides is 2. The van der Waals surface area contributed by atoms with E-state index in [4.69, 9.17) is 0 Å². The topological polar surface area (TPSA) is 155 Å². The maximum absolute atomic E-state index is 11.7. The smallest absolute Gasteiger partial charge is 0.748 e. The van der Waals surface area contributed by atoms with Crippen molar-refractivity contribution in [2.45, 2.75) is 142 Å². The first-order valence-corrected chi connectivity index (χ1v) is 20.6. The van der Waals surface area contributed by atoms with Crippen LogP contribution in [0.25, 0.3) is 0 Å². The van der Waals surface area contributed by atoms with Crippen molar-refractivity contribution in [2.75, 3.05) is 38.7 Å². The number of rotatable bonds is 28. The summed E-state index contributed by atoms with van der Waals surface area (Å²) in [5, 5.41) is 0. The molecule has 0 bridgehead atoms. The van der Waals surface area contributed by atoms with E-state index < -0.39 is 31.7 Å². The molecule has 10 nitrogen and oxygen atoms in total. The standard InChI is InChI=1S/2C17H33NO4S.Ca/c2*1-3-4-5-6-7-8-9-10-11-12-13-14-17(19)18(2)15-16-23(20,21)22;/h2*13-14H,3-12,15-16H2,1-2H3,(H,20,21,22);/q;;+2/p-2/b2*14-13+;. The van der Waals surface area contributed by atoms with E-state index in [0.717, 1.165) is 25.7 Å². The molecule has 272 valence electrons. The van der Waals surface area contributed by atoms with E-state index in [1.54, 1.807) is 0 Å². The van der Waals surface area contributed by atoms with Crippen molar-refractivity contribution >= 4 is 69.8 Å². The number of allylic oxidation sites excluding steroid dienone is 2. The second-order valence-electron chi connectivity index (χ2n) is 12.1. The Morgan fingerprint density at radius 3 is 1.02 bits per heavy atom. The van der Waals surface area contributed by atoms with Gasteiger partial charge in [-0.15, -0.1) is 0 Å². The van der Waals surface area contributed by atoms with E-state index >= 15 is 0 Å². The molecule has 0 radical (unpaired) electrons. The molecular weight excluding hydrogens is 669 g/mol. The Morgan fingerprint density at radius 2 is 0.766 bits per heavy atom. The van der Waals surface area contributed by atoms with Crippen LogP contribution in [-0.4, -0.2) is 124 Å². The van der Waals surface area contributed by atoms with Gasteiger partial charge in [-0.25, -0.2) is 16.8 Å². The second kappa shape index (κ2) is 34.0. The van der Waals surface area contributed by atoms with Crippen molar-refractivity contribution in [3.8, 4) is 0 Å². The maximum Gasteiger partial charge on any atom is 2.00 e. The zero-order valence-corrected chi connectivity index (χ0v) is 33.8. The summed E-state index contributed by atoms with van der Waals surface area (Å²) in [5.74, 6) is -1.60. The third kappa shape index (κ3) is 41.6. The van der Waals surface area contributed by atoms with Gasteiger partial charge in [0.25, 0.3) is 0 Å². The number of nitrogens with zero attached hydrogens (tertiary/aromatic N) is 2. The molecule has 0 heterocycles. The molecule has 0 saturated carbocycles. The number of likely N-dealkylation sites (N-methyl/N-ethyl adjacent to an activating group) is 2. The van der Waals surface area contributed by atoms with Gasteiger partial charge in [-0.05, 0) is 37.8 Å². The zero-order chi connectivity index (χ0) is 35.1. The number of hydrogen-bond acceptors (Lipinski definition) is 8. The van der Waals surface area contributed by atoms with Gasteiger partial charge < -0.3 is 18.9 Å². The monoisotopic (exact) mass is 732 g/mol. The van der Waals surface area contributed by atoms with E-state index in [9.17, 15) is 35.5 Å². The molecule has 0 rings (SSSR count). The molecule has 0 saturated heterocycles. The fourth-order valence-corrected chi connectivity index (χ4v) is 5.48. The SMILES string of the molecule is CCCCCCCCCCC/C=C/C(=O)N(C)CCS(=O)(=O)[O-].CCCCCCCCCCC/C=C/C(=O)N(C)CCS(=O)(=O)[O-].[Ca+2]. The molecule has 13 heteroatoms. The molecule has 0 aromatic rings. The van der Waals surface area contributed by atoms with Gasteiger partial charge in [0.05, 0.1) is 31.7 Å². The summed E-state index contributed by atoms with van der Waals surface area (Å²) in [7, 11) is -5.54. The van der Waals surface area contributed by atoms with Crippen LogP contribution < -0.4 is 0 Å². The fraction of sp³-hybridized carbons (Fsp3) is 0.824. The normalized spacial score (nSPS) is 11.7. The Kier molecular flexibility index (Phi) is 36.8. The Hall–Kier alpha value is -0.500.